The lowest BCUT2D eigenvalue weighted by Gasteiger charge is -2.33. The highest BCUT2D eigenvalue weighted by Gasteiger charge is 2.37. The molecule has 172 valence electrons. The number of hydrogen-bond acceptors (Lipinski definition) is 5. The van der Waals surface area contributed by atoms with Crippen molar-refractivity contribution in [3.63, 3.8) is 0 Å². The quantitative estimate of drug-likeness (QED) is 0.693. The summed E-state index contributed by atoms with van der Waals surface area (Å²) in [5, 5.41) is 26.7. The van der Waals surface area contributed by atoms with Crippen LogP contribution in [0, 0.1) is 23.1 Å². The third-order valence-electron chi connectivity index (χ3n) is 6.27. The van der Waals surface area contributed by atoms with Crippen LogP contribution in [0.4, 0.5) is 14.9 Å². The van der Waals surface area contributed by atoms with E-state index in [0.29, 0.717) is 36.5 Å². The van der Waals surface area contributed by atoms with Crippen molar-refractivity contribution in [1.29, 1.82) is 5.26 Å². The molecule has 3 atom stereocenters. The van der Waals surface area contributed by atoms with Gasteiger partial charge in [0.25, 0.3) is 5.91 Å². The lowest BCUT2D eigenvalue weighted by atomic mass is 9.99. The van der Waals surface area contributed by atoms with Crippen molar-refractivity contribution < 1.29 is 19.1 Å². The monoisotopic (exact) mass is 452 g/mol. The van der Waals surface area contributed by atoms with E-state index in [4.69, 9.17) is 5.26 Å². The predicted octanol–water partition coefficient (Wildman–Crippen LogP) is 2.12. The summed E-state index contributed by atoms with van der Waals surface area (Å²) in [6.07, 6.45) is 1.14. The number of nitrogens with zero attached hydrogens (tertiary/aromatic N) is 5. The van der Waals surface area contributed by atoms with Crippen LogP contribution in [0.15, 0.2) is 30.9 Å². The van der Waals surface area contributed by atoms with E-state index in [-0.39, 0.29) is 30.0 Å². The van der Waals surface area contributed by atoms with Gasteiger partial charge in [-0.1, -0.05) is 6.08 Å². The molecular formula is C23H25FN6O3. The van der Waals surface area contributed by atoms with Gasteiger partial charge in [0.2, 0.25) is 0 Å². The first kappa shape index (κ1) is 22.5. The molecule has 3 amide bonds. The Hall–Kier alpha value is -3.71. The van der Waals surface area contributed by atoms with Crippen molar-refractivity contribution in [3.8, 4) is 6.07 Å². The van der Waals surface area contributed by atoms with Gasteiger partial charge in [0.15, 0.2) is 0 Å². The second-order valence-corrected chi connectivity index (χ2v) is 8.55. The maximum absolute atomic E-state index is 13.6. The summed E-state index contributed by atoms with van der Waals surface area (Å²) in [6.45, 7) is 6.43. The number of rotatable bonds is 3. The number of urea groups is 1. The number of carbonyl (C=O) groups excluding carboxylic acids is 2. The Balaban J connectivity index is 1.62. The first-order chi connectivity index (χ1) is 15.7. The molecule has 1 unspecified atom stereocenters. The van der Waals surface area contributed by atoms with Crippen LogP contribution < -0.4 is 5.32 Å². The van der Waals surface area contributed by atoms with Gasteiger partial charge >= 0.3 is 6.03 Å². The van der Waals surface area contributed by atoms with E-state index in [9.17, 15) is 19.1 Å². The van der Waals surface area contributed by atoms with Gasteiger partial charge < -0.3 is 20.2 Å². The van der Waals surface area contributed by atoms with Crippen molar-refractivity contribution >= 4 is 17.6 Å². The standard InChI is InChI=1S/C23H25FN6O3/c1-4-20(31)15-10-28(3)22(32)21-17-12-29(13(2)7-19(17)27-30(21)11-15)23(33)26-16-5-6-18(24)14(8-16)9-25/h4-6,8,13,15,20,31H,1,7,10-12H2,2-3H3,(H,26,33)/t13-,15+,20?/m1/s1. The average molecular weight is 452 g/mol. The zero-order chi connectivity index (χ0) is 23.9. The number of anilines is 1. The van der Waals surface area contributed by atoms with E-state index in [2.05, 4.69) is 17.0 Å². The fourth-order valence-corrected chi connectivity index (χ4v) is 4.43. The van der Waals surface area contributed by atoms with Gasteiger partial charge in [0.05, 0.1) is 23.9 Å². The topological polar surface area (TPSA) is 114 Å². The van der Waals surface area contributed by atoms with Gasteiger partial charge in [-0.3, -0.25) is 9.48 Å². The largest absolute Gasteiger partial charge is 0.389 e. The van der Waals surface area contributed by atoms with E-state index < -0.39 is 18.0 Å². The molecule has 4 rings (SSSR count). The minimum Gasteiger partial charge on any atom is -0.389 e. The van der Waals surface area contributed by atoms with E-state index in [0.717, 1.165) is 11.8 Å². The summed E-state index contributed by atoms with van der Waals surface area (Å²) in [6, 6.07) is 4.94. The Labute approximate surface area is 190 Å². The fraction of sp³-hybridized carbons (Fsp3) is 0.391. The molecule has 0 spiro atoms. The van der Waals surface area contributed by atoms with Crippen LogP contribution in [-0.2, 0) is 19.5 Å². The van der Waals surface area contributed by atoms with E-state index >= 15 is 0 Å². The number of aromatic nitrogens is 2. The number of carbonyl (C=O) groups is 2. The van der Waals surface area contributed by atoms with Crippen molar-refractivity contribution in [3.05, 3.63) is 59.2 Å². The molecule has 0 aliphatic carbocycles. The molecule has 2 aliphatic heterocycles. The van der Waals surface area contributed by atoms with Gasteiger partial charge in [-0.25, -0.2) is 9.18 Å². The molecule has 10 heteroatoms. The van der Waals surface area contributed by atoms with Crippen LogP contribution in [0.25, 0.3) is 0 Å². The molecule has 0 radical (unpaired) electrons. The number of halogens is 1. The Morgan fingerprint density at radius 3 is 2.91 bits per heavy atom. The molecule has 9 nitrogen and oxygen atoms in total. The number of nitrogens with one attached hydrogen (secondary N) is 1. The molecule has 1 aromatic carbocycles. The second kappa shape index (κ2) is 8.67. The van der Waals surface area contributed by atoms with E-state index in [1.54, 1.807) is 27.6 Å². The van der Waals surface area contributed by atoms with Crippen molar-refractivity contribution in [2.45, 2.75) is 38.6 Å². The minimum atomic E-state index is -0.775. The van der Waals surface area contributed by atoms with Crippen LogP contribution in [-0.4, -0.2) is 62.4 Å². The van der Waals surface area contributed by atoms with Gasteiger partial charge in [-0.05, 0) is 25.1 Å². The maximum atomic E-state index is 13.6. The highest BCUT2D eigenvalue weighted by atomic mass is 19.1. The number of aliphatic hydroxyl groups excluding tert-OH is 1. The van der Waals surface area contributed by atoms with Gasteiger partial charge in [-0.15, -0.1) is 6.58 Å². The van der Waals surface area contributed by atoms with Crippen LogP contribution in [0.2, 0.25) is 0 Å². The Bertz CT molecular complexity index is 1170. The SMILES string of the molecule is C=CC(O)[C@H]1CN(C)C(=O)c2c3c(nn2C1)C[C@@H](C)N(C(=O)Nc1ccc(F)c(C#N)c1)C3. The van der Waals surface area contributed by atoms with Gasteiger partial charge in [-0.2, -0.15) is 10.4 Å². The number of aliphatic hydroxyl groups is 1. The third kappa shape index (κ3) is 4.07. The molecule has 0 fully saturated rings. The molecule has 0 saturated heterocycles. The number of nitriles is 1. The number of amides is 3. The first-order valence-corrected chi connectivity index (χ1v) is 10.6. The molecule has 33 heavy (non-hydrogen) atoms. The van der Waals surface area contributed by atoms with Crippen molar-refractivity contribution in [1.82, 2.24) is 19.6 Å². The second-order valence-electron chi connectivity index (χ2n) is 8.55. The highest BCUT2D eigenvalue weighted by Crippen LogP contribution is 2.30. The van der Waals surface area contributed by atoms with Crippen LogP contribution >= 0.6 is 0 Å². The summed E-state index contributed by atoms with van der Waals surface area (Å²) < 4.78 is 15.2. The van der Waals surface area contributed by atoms with Crippen molar-refractivity contribution in [2.75, 3.05) is 18.9 Å². The van der Waals surface area contributed by atoms with Crippen LogP contribution in [0.3, 0.4) is 0 Å². The highest BCUT2D eigenvalue weighted by molar-refractivity contribution is 5.95. The summed E-state index contributed by atoms with van der Waals surface area (Å²) in [7, 11) is 1.68. The van der Waals surface area contributed by atoms with Crippen LogP contribution in [0.5, 0.6) is 0 Å². The normalized spacial score (nSPS) is 20.9. The number of fused-ring (bicyclic) bond motifs is 3. The summed E-state index contributed by atoms with van der Waals surface area (Å²) in [5.74, 6) is -1.12. The van der Waals surface area contributed by atoms with E-state index in [1.165, 1.54) is 18.2 Å². The molecule has 2 aliphatic rings. The molecule has 3 heterocycles. The van der Waals surface area contributed by atoms with Gasteiger partial charge in [0, 0.05) is 49.8 Å². The molecular weight excluding hydrogens is 427 g/mol. The molecule has 2 N–H and O–H groups in total. The summed E-state index contributed by atoms with van der Waals surface area (Å²) in [5.41, 5.74) is 2.01. The summed E-state index contributed by atoms with van der Waals surface area (Å²) in [4.78, 5) is 29.3. The Kier molecular flexibility index (Phi) is 5.91. The molecule has 0 bridgehead atoms. The Morgan fingerprint density at radius 1 is 1.45 bits per heavy atom. The summed E-state index contributed by atoms with van der Waals surface area (Å²) >= 11 is 0. The minimum absolute atomic E-state index is 0.159. The smallest absolute Gasteiger partial charge is 0.322 e. The predicted molar refractivity (Wildman–Crippen MR) is 118 cm³/mol. The number of hydrogen-bond donors (Lipinski definition) is 2. The zero-order valence-corrected chi connectivity index (χ0v) is 18.5. The van der Waals surface area contributed by atoms with Crippen LogP contribution in [0.1, 0.15) is 34.2 Å². The zero-order valence-electron chi connectivity index (χ0n) is 18.5. The third-order valence-corrected chi connectivity index (χ3v) is 6.27. The number of benzene rings is 1. The Morgan fingerprint density at radius 2 is 2.21 bits per heavy atom. The fourth-order valence-electron chi connectivity index (χ4n) is 4.43. The van der Waals surface area contributed by atoms with E-state index in [1.807, 2.05) is 6.92 Å². The van der Waals surface area contributed by atoms with Crippen molar-refractivity contribution in [2.24, 2.45) is 5.92 Å². The van der Waals surface area contributed by atoms with Gasteiger partial charge in [0.1, 0.15) is 17.6 Å². The lowest BCUT2D eigenvalue weighted by molar-refractivity contribution is 0.0724. The average Bonchev–Trinajstić information content (AvgIpc) is 3.08. The molecule has 2 aromatic rings. The maximum Gasteiger partial charge on any atom is 0.322 e. The first-order valence-electron chi connectivity index (χ1n) is 10.6. The lowest BCUT2D eigenvalue weighted by Crippen LogP contribution is -2.45. The molecule has 0 saturated carbocycles. The molecule has 1 aromatic heterocycles.